The van der Waals surface area contributed by atoms with Gasteiger partial charge in [-0.05, 0) is 31.7 Å². The van der Waals surface area contributed by atoms with Crippen molar-refractivity contribution >= 4 is 0 Å². The van der Waals surface area contributed by atoms with E-state index in [9.17, 15) is 13.2 Å². The smallest absolute Gasteiger partial charge is 0.317 e. The molecule has 0 radical (unpaired) electrons. The zero-order valence-electron chi connectivity index (χ0n) is 9.99. The summed E-state index contributed by atoms with van der Waals surface area (Å²) in [6.07, 6.45) is -3.88. The van der Waals surface area contributed by atoms with Gasteiger partial charge in [0, 0.05) is 12.5 Å². The van der Waals surface area contributed by atoms with Gasteiger partial charge in [0.1, 0.15) is 0 Å². The predicted molar refractivity (Wildman–Crippen MR) is 56.8 cm³/mol. The quantitative estimate of drug-likeness (QED) is 0.728. The standard InChI is InChI=1S/C11H22F3N/c1-8(2)9(3)10(15-4)6-5-7-11(12,13)14/h8-10,15H,5-7H2,1-4H3. The Balaban J connectivity index is 3.91. The van der Waals surface area contributed by atoms with Crippen LogP contribution in [0.3, 0.4) is 0 Å². The largest absolute Gasteiger partial charge is 0.389 e. The molecule has 0 aromatic rings. The van der Waals surface area contributed by atoms with E-state index in [2.05, 4.69) is 26.1 Å². The van der Waals surface area contributed by atoms with E-state index in [1.54, 1.807) is 0 Å². The summed E-state index contributed by atoms with van der Waals surface area (Å²) in [6.45, 7) is 6.27. The maximum atomic E-state index is 11.9. The van der Waals surface area contributed by atoms with Gasteiger partial charge in [-0.2, -0.15) is 13.2 Å². The van der Waals surface area contributed by atoms with E-state index in [0.29, 0.717) is 18.3 Å². The van der Waals surface area contributed by atoms with Gasteiger partial charge < -0.3 is 5.32 Å². The molecule has 1 N–H and O–H groups in total. The maximum Gasteiger partial charge on any atom is 0.389 e. The first-order valence-corrected chi connectivity index (χ1v) is 5.52. The molecule has 2 unspecified atom stereocenters. The van der Waals surface area contributed by atoms with Gasteiger partial charge in [-0.15, -0.1) is 0 Å². The summed E-state index contributed by atoms with van der Waals surface area (Å²) in [5.41, 5.74) is 0. The van der Waals surface area contributed by atoms with Gasteiger partial charge in [-0.25, -0.2) is 0 Å². The Morgan fingerprint density at radius 1 is 1.13 bits per heavy atom. The highest BCUT2D eigenvalue weighted by atomic mass is 19.4. The molecule has 0 aliphatic heterocycles. The third-order valence-electron chi connectivity index (χ3n) is 3.03. The molecule has 4 heteroatoms. The second-order valence-corrected chi connectivity index (χ2v) is 4.51. The molecule has 15 heavy (non-hydrogen) atoms. The molecule has 0 aromatic carbocycles. The molecule has 92 valence electrons. The van der Waals surface area contributed by atoms with Crippen LogP contribution in [0, 0.1) is 11.8 Å². The number of alkyl halides is 3. The van der Waals surface area contributed by atoms with Gasteiger partial charge >= 0.3 is 6.18 Å². The van der Waals surface area contributed by atoms with Crippen molar-refractivity contribution in [3.8, 4) is 0 Å². The lowest BCUT2D eigenvalue weighted by Crippen LogP contribution is -2.34. The minimum Gasteiger partial charge on any atom is -0.317 e. The van der Waals surface area contributed by atoms with Crippen molar-refractivity contribution in [3.63, 3.8) is 0 Å². The second kappa shape index (κ2) is 6.36. The van der Waals surface area contributed by atoms with Gasteiger partial charge in [0.25, 0.3) is 0 Å². The lowest BCUT2D eigenvalue weighted by molar-refractivity contribution is -0.136. The average Bonchev–Trinajstić information content (AvgIpc) is 2.09. The van der Waals surface area contributed by atoms with Crippen LogP contribution < -0.4 is 5.32 Å². The van der Waals surface area contributed by atoms with Crippen molar-refractivity contribution < 1.29 is 13.2 Å². The van der Waals surface area contributed by atoms with E-state index in [4.69, 9.17) is 0 Å². The van der Waals surface area contributed by atoms with Gasteiger partial charge in [0.05, 0.1) is 0 Å². The average molecular weight is 225 g/mol. The lowest BCUT2D eigenvalue weighted by atomic mass is 9.87. The van der Waals surface area contributed by atoms with Crippen molar-refractivity contribution in [3.05, 3.63) is 0 Å². The highest BCUT2D eigenvalue weighted by Gasteiger charge is 2.27. The van der Waals surface area contributed by atoms with Crippen molar-refractivity contribution in [2.75, 3.05) is 7.05 Å². The minimum absolute atomic E-state index is 0.187. The number of rotatable bonds is 6. The van der Waals surface area contributed by atoms with Crippen molar-refractivity contribution in [1.82, 2.24) is 5.32 Å². The fourth-order valence-electron chi connectivity index (χ4n) is 1.66. The van der Waals surface area contributed by atoms with Gasteiger partial charge in [0.15, 0.2) is 0 Å². The predicted octanol–water partition coefficient (Wildman–Crippen LogP) is 3.60. The van der Waals surface area contributed by atoms with Crippen LogP contribution in [0.2, 0.25) is 0 Å². The van der Waals surface area contributed by atoms with Crippen LogP contribution in [-0.4, -0.2) is 19.3 Å². The molecule has 0 aromatic heterocycles. The van der Waals surface area contributed by atoms with E-state index < -0.39 is 12.6 Å². The Morgan fingerprint density at radius 2 is 1.67 bits per heavy atom. The molecule has 0 fully saturated rings. The van der Waals surface area contributed by atoms with Crippen molar-refractivity contribution in [1.29, 1.82) is 0 Å². The van der Waals surface area contributed by atoms with E-state index in [1.807, 2.05) is 7.05 Å². The zero-order valence-corrected chi connectivity index (χ0v) is 9.99. The van der Waals surface area contributed by atoms with Crippen LogP contribution in [0.4, 0.5) is 13.2 Å². The molecular formula is C11H22F3N. The second-order valence-electron chi connectivity index (χ2n) is 4.51. The van der Waals surface area contributed by atoms with Crippen molar-refractivity contribution in [2.24, 2.45) is 11.8 Å². The summed E-state index contributed by atoms with van der Waals surface area (Å²) in [5, 5.41) is 3.10. The number of nitrogens with one attached hydrogen (secondary N) is 1. The molecule has 2 atom stereocenters. The molecular weight excluding hydrogens is 203 g/mol. The van der Waals surface area contributed by atoms with Crippen molar-refractivity contribution in [2.45, 2.75) is 52.3 Å². The van der Waals surface area contributed by atoms with E-state index >= 15 is 0 Å². The zero-order chi connectivity index (χ0) is 12.1. The summed E-state index contributed by atoms with van der Waals surface area (Å²) >= 11 is 0. The molecule has 0 aliphatic carbocycles. The fraction of sp³-hybridized carbons (Fsp3) is 1.00. The van der Waals surface area contributed by atoms with Crippen LogP contribution in [0.15, 0.2) is 0 Å². The van der Waals surface area contributed by atoms with E-state index in [0.717, 1.165) is 0 Å². The normalized spacial score (nSPS) is 16.8. The Hall–Kier alpha value is -0.250. The molecule has 0 saturated carbocycles. The van der Waals surface area contributed by atoms with Crippen LogP contribution in [-0.2, 0) is 0 Å². The summed E-state index contributed by atoms with van der Waals surface area (Å²) in [7, 11) is 1.82. The lowest BCUT2D eigenvalue weighted by Gasteiger charge is -2.26. The first-order valence-electron chi connectivity index (χ1n) is 5.52. The number of hydrogen-bond donors (Lipinski definition) is 1. The molecule has 0 rings (SSSR count). The van der Waals surface area contributed by atoms with Gasteiger partial charge in [-0.1, -0.05) is 20.8 Å². The van der Waals surface area contributed by atoms with Gasteiger partial charge in [0.2, 0.25) is 0 Å². The van der Waals surface area contributed by atoms with Gasteiger partial charge in [-0.3, -0.25) is 0 Å². The summed E-state index contributed by atoms with van der Waals surface area (Å²) in [4.78, 5) is 0. The van der Waals surface area contributed by atoms with Crippen LogP contribution in [0.1, 0.15) is 40.0 Å². The molecule has 0 spiro atoms. The molecule has 0 aliphatic rings. The minimum atomic E-state index is -4.01. The molecule has 0 heterocycles. The topological polar surface area (TPSA) is 12.0 Å². The maximum absolute atomic E-state index is 11.9. The summed E-state index contributed by atoms with van der Waals surface area (Å²) in [6, 6.07) is 0.187. The Labute approximate surface area is 90.4 Å². The Bertz CT molecular complexity index is 166. The monoisotopic (exact) mass is 225 g/mol. The van der Waals surface area contributed by atoms with E-state index in [-0.39, 0.29) is 12.5 Å². The molecule has 1 nitrogen and oxygen atoms in total. The molecule has 0 bridgehead atoms. The first-order chi connectivity index (χ1) is 6.78. The fourth-order valence-corrected chi connectivity index (χ4v) is 1.66. The number of hydrogen-bond acceptors (Lipinski definition) is 1. The third-order valence-corrected chi connectivity index (χ3v) is 3.03. The Kier molecular flexibility index (Phi) is 6.25. The Morgan fingerprint density at radius 3 is 2.00 bits per heavy atom. The highest BCUT2D eigenvalue weighted by molar-refractivity contribution is 4.74. The first kappa shape index (κ1) is 14.8. The summed E-state index contributed by atoms with van der Waals surface area (Å²) < 4.78 is 35.8. The van der Waals surface area contributed by atoms with E-state index in [1.165, 1.54) is 0 Å². The summed E-state index contributed by atoms with van der Waals surface area (Å²) in [5.74, 6) is 0.900. The molecule has 0 amide bonds. The molecule has 0 saturated heterocycles. The van der Waals surface area contributed by atoms with Crippen LogP contribution in [0.5, 0.6) is 0 Å². The van der Waals surface area contributed by atoms with Crippen LogP contribution >= 0.6 is 0 Å². The highest BCUT2D eigenvalue weighted by Crippen LogP contribution is 2.25. The third kappa shape index (κ3) is 6.77. The van der Waals surface area contributed by atoms with Crippen LogP contribution in [0.25, 0.3) is 0 Å². The SMILES string of the molecule is CNC(CCCC(F)(F)F)C(C)C(C)C. The number of halogens is 3.